The van der Waals surface area contributed by atoms with E-state index in [1.165, 1.54) is 0 Å². The number of rotatable bonds is 2. The Morgan fingerprint density at radius 1 is 0.688 bits per heavy atom. The Bertz CT molecular complexity index is 1040. The highest BCUT2D eigenvalue weighted by atomic mass is 19.4. The molecule has 2 aliphatic carbocycles. The number of carbonyl (C=O) groups excluding carboxylic acids is 1. The molecule has 0 atom stereocenters. The lowest BCUT2D eigenvalue weighted by Gasteiger charge is -2.49. The van der Waals surface area contributed by atoms with Gasteiger partial charge in [-0.3, -0.25) is 4.79 Å². The number of carbonyl (C=O) groups is 1. The fourth-order valence-electron chi connectivity index (χ4n) is 3.41. The first-order valence-electron chi connectivity index (χ1n) is 7.90. The lowest BCUT2D eigenvalue weighted by molar-refractivity contribution is -0.456. The van der Waals surface area contributed by atoms with Crippen molar-refractivity contribution in [3.05, 3.63) is 40.0 Å². The molecule has 1 aromatic rings. The van der Waals surface area contributed by atoms with Crippen LogP contribution in [0.4, 0.5) is 61.5 Å². The molecule has 178 valence electrons. The Balaban J connectivity index is 2.24. The van der Waals surface area contributed by atoms with Crippen molar-refractivity contribution in [1.82, 2.24) is 0 Å². The summed E-state index contributed by atoms with van der Waals surface area (Å²) in [6.07, 6.45) is -1.82. The Morgan fingerprint density at radius 2 is 1.09 bits per heavy atom. The molecule has 0 bridgehead atoms. The Kier molecular flexibility index (Phi) is 4.73. The van der Waals surface area contributed by atoms with Crippen LogP contribution in [0.15, 0.2) is 5.57 Å². The van der Waals surface area contributed by atoms with Gasteiger partial charge in [-0.05, 0) is 0 Å². The number of ketones is 1. The molecule has 0 aromatic heterocycles. The molecule has 1 fully saturated rings. The van der Waals surface area contributed by atoms with Crippen LogP contribution < -0.4 is 0 Å². The van der Waals surface area contributed by atoms with Gasteiger partial charge in [-0.2, -0.15) is 43.9 Å². The molecule has 16 heteroatoms. The van der Waals surface area contributed by atoms with Gasteiger partial charge in [-0.15, -0.1) is 0 Å². The predicted octanol–water partition coefficient (Wildman–Crippen LogP) is 5.44. The minimum absolute atomic E-state index is 1.53. The van der Waals surface area contributed by atoms with Crippen LogP contribution in [0.3, 0.4) is 0 Å². The summed E-state index contributed by atoms with van der Waals surface area (Å²) < 4.78 is 191. The van der Waals surface area contributed by atoms with E-state index in [9.17, 15) is 71.4 Å². The molecular formula is C16H4F14O2. The van der Waals surface area contributed by atoms with Gasteiger partial charge in [0.05, 0.1) is 5.56 Å². The number of alkyl halides is 10. The van der Waals surface area contributed by atoms with E-state index in [4.69, 9.17) is 0 Å². The molecule has 1 aromatic carbocycles. The van der Waals surface area contributed by atoms with E-state index in [1.807, 2.05) is 0 Å². The summed E-state index contributed by atoms with van der Waals surface area (Å²) in [7, 11) is 0. The molecule has 2 aliphatic rings. The number of Topliss-reactive ketones (excluding diaryl/α,β-unsaturated/α-hetero) is 1. The molecule has 1 N–H and O–H groups in total. The van der Waals surface area contributed by atoms with Gasteiger partial charge in [0.15, 0.2) is 35.0 Å². The fraction of sp³-hybridized carbons (Fsp3) is 0.438. The number of aliphatic hydroxyl groups is 1. The van der Waals surface area contributed by atoms with Crippen LogP contribution in [0.2, 0.25) is 0 Å². The normalized spacial score (nSPS) is 25.1. The first-order chi connectivity index (χ1) is 14.2. The minimum atomic E-state index is -7.37. The van der Waals surface area contributed by atoms with E-state index in [-0.39, 0.29) is 0 Å². The molecule has 0 radical (unpaired) electrons. The summed E-state index contributed by atoms with van der Waals surface area (Å²) in [5, 5.41) is 9.72. The third-order valence-electron chi connectivity index (χ3n) is 5.15. The second-order valence-corrected chi connectivity index (χ2v) is 6.88. The molecule has 0 amide bonds. The second kappa shape index (κ2) is 6.27. The predicted molar refractivity (Wildman–Crippen MR) is 72.8 cm³/mol. The molecule has 0 heterocycles. The number of fused-ring (bicyclic) bond motifs is 1. The smallest absolute Gasteiger partial charge is 0.384 e. The van der Waals surface area contributed by atoms with Gasteiger partial charge in [0.25, 0.3) is 0 Å². The fourth-order valence-corrected chi connectivity index (χ4v) is 3.41. The highest BCUT2D eigenvalue weighted by Gasteiger charge is 2.96. The standard InChI is InChI=1S/C16H4F14O2/c17-5-2-1-3(9(31)4(2)6(18)8(20)7(5)19)10(32)11-12(21,22)14(25,26)16(29,30)15(27,28)13(11,23)24/h11,31H,1H2. The molecule has 3 rings (SSSR count). The van der Waals surface area contributed by atoms with Crippen LogP contribution >= 0.6 is 0 Å². The van der Waals surface area contributed by atoms with Crippen molar-refractivity contribution >= 4 is 11.5 Å². The number of hydrogen-bond acceptors (Lipinski definition) is 2. The summed E-state index contributed by atoms with van der Waals surface area (Å²) in [6, 6.07) is 0. The maximum absolute atomic E-state index is 14.0. The summed E-state index contributed by atoms with van der Waals surface area (Å²) in [5.41, 5.74) is -5.37. The van der Waals surface area contributed by atoms with Crippen LogP contribution in [0.1, 0.15) is 11.1 Å². The van der Waals surface area contributed by atoms with Gasteiger partial charge in [0, 0.05) is 17.6 Å². The quantitative estimate of drug-likeness (QED) is 0.338. The van der Waals surface area contributed by atoms with Gasteiger partial charge in [-0.1, -0.05) is 0 Å². The van der Waals surface area contributed by atoms with Crippen molar-refractivity contribution in [3.63, 3.8) is 0 Å². The van der Waals surface area contributed by atoms with Crippen molar-refractivity contribution in [1.29, 1.82) is 0 Å². The van der Waals surface area contributed by atoms with Crippen LogP contribution in [0, 0.1) is 29.2 Å². The highest BCUT2D eigenvalue weighted by molar-refractivity contribution is 6.06. The highest BCUT2D eigenvalue weighted by Crippen LogP contribution is 2.67. The average Bonchev–Trinajstić information content (AvgIpc) is 3.00. The average molecular weight is 494 g/mol. The van der Waals surface area contributed by atoms with Crippen molar-refractivity contribution in [2.24, 2.45) is 5.92 Å². The van der Waals surface area contributed by atoms with Crippen molar-refractivity contribution < 1.29 is 71.4 Å². The van der Waals surface area contributed by atoms with E-state index >= 15 is 0 Å². The summed E-state index contributed by atoms with van der Waals surface area (Å²) >= 11 is 0. The van der Waals surface area contributed by atoms with E-state index < -0.39 is 93.5 Å². The van der Waals surface area contributed by atoms with Gasteiger partial charge >= 0.3 is 29.6 Å². The first-order valence-corrected chi connectivity index (χ1v) is 7.90. The zero-order valence-corrected chi connectivity index (χ0v) is 14.4. The van der Waals surface area contributed by atoms with Crippen molar-refractivity contribution in [2.45, 2.75) is 36.0 Å². The third kappa shape index (κ3) is 2.40. The number of hydrogen-bond donors (Lipinski definition) is 1. The summed E-state index contributed by atoms with van der Waals surface area (Å²) in [4.78, 5) is 12.2. The maximum Gasteiger partial charge on any atom is 0.384 e. The Hall–Kier alpha value is -2.55. The van der Waals surface area contributed by atoms with E-state index in [0.717, 1.165) is 0 Å². The molecule has 0 aliphatic heterocycles. The molecule has 0 unspecified atom stereocenters. The number of aliphatic hydroxyl groups excluding tert-OH is 1. The zero-order chi connectivity index (χ0) is 25.0. The number of benzene rings is 1. The van der Waals surface area contributed by atoms with Gasteiger partial charge in [-0.25, -0.2) is 17.6 Å². The lowest BCUT2D eigenvalue weighted by atomic mass is 9.71. The van der Waals surface area contributed by atoms with Gasteiger partial charge in [0.1, 0.15) is 5.76 Å². The van der Waals surface area contributed by atoms with Crippen LogP contribution in [0.5, 0.6) is 0 Å². The Morgan fingerprint density at radius 3 is 1.53 bits per heavy atom. The molecule has 32 heavy (non-hydrogen) atoms. The SMILES string of the molecule is O=C(C1=C(O)c2c(F)c(F)c(F)c(F)c2C1)C1C(F)(F)C(F)(F)C(F)(F)C(F)(F)C1(F)F. The molecular weight excluding hydrogens is 490 g/mol. The summed E-state index contributed by atoms with van der Waals surface area (Å²) in [6.45, 7) is 0. The van der Waals surface area contributed by atoms with Crippen LogP contribution in [-0.2, 0) is 11.2 Å². The monoisotopic (exact) mass is 494 g/mol. The lowest BCUT2D eigenvalue weighted by Crippen LogP contribution is -2.78. The Labute approximate surface area is 166 Å². The largest absolute Gasteiger partial charge is 0.507 e. The second-order valence-electron chi connectivity index (χ2n) is 6.88. The van der Waals surface area contributed by atoms with Crippen molar-refractivity contribution in [3.8, 4) is 0 Å². The van der Waals surface area contributed by atoms with Crippen LogP contribution in [0.25, 0.3) is 5.76 Å². The van der Waals surface area contributed by atoms with Crippen LogP contribution in [-0.4, -0.2) is 40.5 Å². The third-order valence-corrected chi connectivity index (χ3v) is 5.15. The number of allylic oxidation sites excluding steroid dienone is 1. The maximum atomic E-state index is 14.0. The van der Waals surface area contributed by atoms with Gasteiger partial charge in [0.2, 0.25) is 0 Å². The zero-order valence-electron chi connectivity index (χ0n) is 14.4. The molecule has 0 saturated heterocycles. The van der Waals surface area contributed by atoms with Gasteiger partial charge < -0.3 is 5.11 Å². The summed E-state index contributed by atoms with van der Waals surface area (Å²) in [5.74, 6) is -56.3. The van der Waals surface area contributed by atoms with E-state index in [1.54, 1.807) is 0 Å². The first kappa shape index (κ1) is 24.1. The minimum Gasteiger partial charge on any atom is -0.507 e. The topological polar surface area (TPSA) is 37.3 Å². The molecule has 1 saturated carbocycles. The molecule has 0 spiro atoms. The van der Waals surface area contributed by atoms with E-state index in [0.29, 0.717) is 0 Å². The molecule has 2 nitrogen and oxygen atoms in total. The number of halogens is 14. The van der Waals surface area contributed by atoms with Crippen molar-refractivity contribution in [2.75, 3.05) is 0 Å². The van der Waals surface area contributed by atoms with E-state index in [2.05, 4.69) is 0 Å².